The molecule has 0 aliphatic heterocycles. The summed E-state index contributed by atoms with van der Waals surface area (Å²) in [5.41, 5.74) is 1.45. The zero-order valence-electron chi connectivity index (χ0n) is 13.6. The summed E-state index contributed by atoms with van der Waals surface area (Å²) >= 11 is 0. The van der Waals surface area contributed by atoms with Crippen molar-refractivity contribution in [3.63, 3.8) is 0 Å². The van der Waals surface area contributed by atoms with Crippen molar-refractivity contribution in [2.75, 3.05) is 13.7 Å². The number of para-hydroxylation sites is 1. The van der Waals surface area contributed by atoms with Crippen molar-refractivity contribution < 1.29 is 18.3 Å². The Morgan fingerprint density at radius 2 is 1.92 bits per heavy atom. The Morgan fingerprint density at radius 1 is 1.17 bits per heavy atom. The molecule has 1 amide bonds. The predicted molar refractivity (Wildman–Crippen MR) is 87.6 cm³/mol. The molecule has 0 aliphatic carbocycles. The summed E-state index contributed by atoms with van der Waals surface area (Å²) in [4.78, 5) is 11.9. The van der Waals surface area contributed by atoms with Crippen LogP contribution in [0, 0.1) is 11.6 Å². The fourth-order valence-electron chi connectivity index (χ4n) is 2.25. The summed E-state index contributed by atoms with van der Waals surface area (Å²) in [7, 11) is 1.58. The van der Waals surface area contributed by atoms with Gasteiger partial charge in [-0.25, -0.2) is 8.78 Å². The summed E-state index contributed by atoms with van der Waals surface area (Å²) in [6.45, 7) is 2.19. The summed E-state index contributed by atoms with van der Waals surface area (Å²) < 4.78 is 31.4. The highest BCUT2D eigenvalue weighted by Gasteiger charge is 2.11. The molecule has 0 aromatic heterocycles. The fraction of sp³-hybridized carbons (Fsp3) is 0.278. The van der Waals surface area contributed by atoms with E-state index in [1.807, 2.05) is 24.3 Å². The molecule has 0 aliphatic rings. The van der Waals surface area contributed by atoms with Gasteiger partial charge >= 0.3 is 0 Å². The minimum atomic E-state index is -0.901. The lowest BCUT2D eigenvalue weighted by atomic mass is 10.1. The quantitative estimate of drug-likeness (QED) is 0.818. The van der Waals surface area contributed by atoms with E-state index in [1.54, 1.807) is 14.0 Å². The molecule has 0 fully saturated rings. The number of nitrogens with one attached hydrogen (secondary N) is 2. The number of hydrogen-bond donors (Lipinski definition) is 2. The largest absolute Gasteiger partial charge is 0.496 e. The third-order valence-electron chi connectivity index (χ3n) is 3.68. The van der Waals surface area contributed by atoms with Crippen molar-refractivity contribution in [2.45, 2.75) is 19.5 Å². The first-order chi connectivity index (χ1) is 11.5. The lowest BCUT2D eigenvalue weighted by Gasteiger charge is -2.15. The van der Waals surface area contributed by atoms with E-state index < -0.39 is 11.6 Å². The normalized spacial score (nSPS) is 11.8. The van der Waals surface area contributed by atoms with Gasteiger partial charge in [0.2, 0.25) is 5.91 Å². The predicted octanol–water partition coefficient (Wildman–Crippen LogP) is 2.94. The first-order valence-electron chi connectivity index (χ1n) is 7.58. The molecule has 24 heavy (non-hydrogen) atoms. The van der Waals surface area contributed by atoms with E-state index in [9.17, 15) is 13.6 Å². The SMILES string of the molecule is COc1ccccc1CNC(=O)CN[C@H](C)c1ccc(F)c(F)c1. The third-order valence-corrected chi connectivity index (χ3v) is 3.68. The summed E-state index contributed by atoms with van der Waals surface area (Å²) in [6, 6.07) is 10.8. The van der Waals surface area contributed by atoms with Crippen molar-refractivity contribution in [1.29, 1.82) is 0 Å². The lowest BCUT2D eigenvalue weighted by molar-refractivity contribution is -0.120. The molecule has 0 spiro atoms. The molecule has 2 aromatic carbocycles. The average Bonchev–Trinajstić information content (AvgIpc) is 2.60. The van der Waals surface area contributed by atoms with Crippen LogP contribution in [0.15, 0.2) is 42.5 Å². The highest BCUT2D eigenvalue weighted by atomic mass is 19.2. The fourth-order valence-corrected chi connectivity index (χ4v) is 2.25. The van der Waals surface area contributed by atoms with Gasteiger partial charge in [0.05, 0.1) is 13.7 Å². The molecule has 0 heterocycles. The van der Waals surface area contributed by atoms with Crippen LogP contribution >= 0.6 is 0 Å². The van der Waals surface area contributed by atoms with Crippen LogP contribution in [0.1, 0.15) is 24.1 Å². The molecule has 4 nitrogen and oxygen atoms in total. The molecule has 0 radical (unpaired) electrons. The van der Waals surface area contributed by atoms with E-state index in [0.29, 0.717) is 17.9 Å². The monoisotopic (exact) mass is 334 g/mol. The number of benzene rings is 2. The first-order valence-corrected chi connectivity index (χ1v) is 7.58. The Balaban J connectivity index is 1.83. The van der Waals surface area contributed by atoms with Crippen LogP contribution in [0.5, 0.6) is 5.75 Å². The van der Waals surface area contributed by atoms with E-state index in [1.165, 1.54) is 6.07 Å². The Labute approximate surface area is 139 Å². The van der Waals surface area contributed by atoms with Gasteiger partial charge in [0, 0.05) is 18.2 Å². The maximum atomic E-state index is 13.2. The number of carbonyl (C=O) groups is 1. The van der Waals surface area contributed by atoms with Crippen molar-refractivity contribution in [3.8, 4) is 5.75 Å². The molecule has 2 aromatic rings. The first kappa shape index (κ1) is 17.9. The molecular weight excluding hydrogens is 314 g/mol. The minimum absolute atomic E-state index is 0.0648. The van der Waals surface area contributed by atoms with Crippen molar-refractivity contribution in [3.05, 3.63) is 65.2 Å². The van der Waals surface area contributed by atoms with Crippen molar-refractivity contribution in [1.82, 2.24) is 10.6 Å². The van der Waals surface area contributed by atoms with Gasteiger partial charge in [-0.15, -0.1) is 0 Å². The van der Waals surface area contributed by atoms with Gasteiger partial charge in [-0.2, -0.15) is 0 Å². The van der Waals surface area contributed by atoms with Crippen LogP contribution in [0.4, 0.5) is 8.78 Å². The van der Waals surface area contributed by atoms with Crippen LogP contribution in [0.3, 0.4) is 0 Å². The Kier molecular flexibility index (Phi) is 6.26. The van der Waals surface area contributed by atoms with Crippen LogP contribution < -0.4 is 15.4 Å². The van der Waals surface area contributed by atoms with Gasteiger partial charge in [0.25, 0.3) is 0 Å². The highest BCUT2D eigenvalue weighted by Crippen LogP contribution is 2.17. The number of rotatable bonds is 7. The topological polar surface area (TPSA) is 50.4 Å². The van der Waals surface area contributed by atoms with Crippen LogP contribution in [0.2, 0.25) is 0 Å². The van der Waals surface area contributed by atoms with Gasteiger partial charge in [-0.3, -0.25) is 4.79 Å². The van der Waals surface area contributed by atoms with Crippen molar-refractivity contribution in [2.24, 2.45) is 0 Å². The molecule has 128 valence electrons. The molecule has 2 N–H and O–H groups in total. The average molecular weight is 334 g/mol. The molecule has 1 atom stereocenters. The minimum Gasteiger partial charge on any atom is -0.496 e. The Hall–Kier alpha value is -2.47. The summed E-state index contributed by atoms with van der Waals surface area (Å²) in [5.74, 6) is -1.28. The molecule has 6 heteroatoms. The maximum absolute atomic E-state index is 13.2. The second-order valence-electron chi connectivity index (χ2n) is 5.36. The Bertz CT molecular complexity index is 707. The number of amides is 1. The number of halogens is 2. The highest BCUT2D eigenvalue weighted by molar-refractivity contribution is 5.78. The lowest BCUT2D eigenvalue weighted by Crippen LogP contribution is -2.34. The zero-order chi connectivity index (χ0) is 17.5. The standard InChI is InChI=1S/C18H20F2N2O2/c1-12(13-7-8-15(19)16(20)9-13)21-11-18(23)22-10-14-5-3-4-6-17(14)24-2/h3-9,12,21H,10-11H2,1-2H3,(H,22,23)/t12-/m1/s1. The smallest absolute Gasteiger partial charge is 0.234 e. The van der Waals surface area contributed by atoms with E-state index >= 15 is 0 Å². The molecular formula is C18H20F2N2O2. The summed E-state index contributed by atoms with van der Waals surface area (Å²) in [6.07, 6.45) is 0. The van der Waals surface area contributed by atoms with Crippen LogP contribution in [0.25, 0.3) is 0 Å². The second-order valence-corrected chi connectivity index (χ2v) is 5.36. The number of hydrogen-bond acceptors (Lipinski definition) is 3. The molecule has 0 saturated carbocycles. The third kappa shape index (κ3) is 4.76. The van der Waals surface area contributed by atoms with Gasteiger partial charge in [-0.1, -0.05) is 24.3 Å². The second kappa shape index (κ2) is 8.40. The van der Waals surface area contributed by atoms with Gasteiger partial charge in [0.15, 0.2) is 11.6 Å². The number of carbonyl (C=O) groups excluding carboxylic acids is 1. The van der Waals surface area contributed by atoms with Crippen LogP contribution in [-0.4, -0.2) is 19.6 Å². The Morgan fingerprint density at radius 3 is 2.62 bits per heavy atom. The molecule has 0 unspecified atom stereocenters. The van der Waals surface area contributed by atoms with Crippen LogP contribution in [-0.2, 0) is 11.3 Å². The van der Waals surface area contributed by atoms with Gasteiger partial charge in [0.1, 0.15) is 5.75 Å². The molecule has 0 saturated heterocycles. The maximum Gasteiger partial charge on any atom is 0.234 e. The summed E-state index contributed by atoms with van der Waals surface area (Å²) in [5, 5.41) is 5.76. The van der Waals surface area contributed by atoms with E-state index in [2.05, 4.69) is 10.6 Å². The van der Waals surface area contributed by atoms with Gasteiger partial charge in [-0.05, 0) is 30.7 Å². The number of ether oxygens (including phenoxy) is 1. The van der Waals surface area contributed by atoms with Crippen molar-refractivity contribution >= 4 is 5.91 Å². The van der Waals surface area contributed by atoms with E-state index in [-0.39, 0.29) is 18.5 Å². The molecule has 2 rings (SSSR count). The van der Waals surface area contributed by atoms with E-state index in [0.717, 1.165) is 17.7 Å². The van der Waals surface area contributed by atoms with Gasteiger partial charge < -0.3 is 15.4 Å². The number of methoxy groups -OCH3 is 1. The zero-order valence-corrected chi connectivity index (χ0v) is 13.6. The van der Waals surface area contributed by atoms with E-state index in [4.69, 9.17) is 4.74 Å². The molecule has 0 bridgehead atoms.